The van der Waals surface area contributed by atoms with Crippen LogP contribution in [0.3, 0.4) is 0 Å². The monoisotopic (exact) mass is 447 g/mol. The summed E-state index contributed by atoms with van der Waals surface area (Å²) in [5.74, 6) is 0.0344. The van der Waals surface area contributed by atoms with Crippen molar-refractivity contribution in [2.24, 2.45) is 0 Å². The number of ether oxygens (including phenoxy) is 1. The number of hydrogen-bond donors (Lipinski definition) is 2. The van der Waals surface area contributed by atoms with Crippen LogP contribution in [0, 0.1) is 0 Å². The summed E-state index contributed by atoms with van der Waals surface area (Å²) in [6.07, 6.45) is 1.36. The third-order valence-corrected chi connectivity index (χ3v) is 5.21. The first kappa shape index (κ1) is 22.8. The van der Waals surface area contributed by atoms with Gasteiger partial charge in [0, 0.05) is 31.3 Å². The summed E-state index contributed by atoms with van der Waals surface area (Å²) in [5.41, 5.74) is 0.497. The molecule has 1 aromatic carbocycles. The van der Waals surface area contributed by atoms with Crippen LogP contribution in [0.2, 0.25) is 10.0 Å². The summed E-state index contributed by atoms with van der Waals surface area (Å²) in [4.78, 5) is 23.9. The van der Waals surface area contributed by atoms with Crippen LogP contribution < -0.4 is 15.4 Å². The summed E-state index contributed by atoms with van der Waals surface area (Å²) in [6, 6.07) is 4.59. The second-order valence-electron chi connectivity index (χ2n) is 6.07. The van der Waals surface area contributed by atoms with Gasteiger partial charge < -0.3 is 19.6 Å². The maximum absolute atomic E-state index is 12.0. The SMILES string of the molecule is C=C(CCNC(=O)C1CN1SOCCC)NC(=O)COc1ccc(Cl)c(Cl)c1. The third-order valence-electron chi connectivity index (χ3n) is 3.61. The van der Waals surface area contributed by atoms with E-state index in [4.69, 9.17) is 32.1 Å². The van der Waals surface area contributed by atoms with E-state index >= 15 is 0 Å². The van der Waals surface area contributed by atoms with Gasteiger partial charge in [-0.05, 0) is 18.6 Å². The van der Waals surface area contributed by atoms with E-state index in [0.29, 0.717) is 47.6 Å². The Hall–Kier alpha value is -1.45. The molecule has 0 aliphatic carbocycles. The molecule has 1 aliphatic rings. The Morgan fingerprint density at radius 2 is 2.14 bits per heavy atom. The van der Waals surface area contributed by atoms with E-state index in [1.165, 1.54) is 18.3 Å². The van der Waals surface area contributed by atoms with Crippen LogP contribution >= 0.6 is 35.4 Å². The Bertz CT molecular complexity index is 720. The zero-order valence-corrected chi connectivity index (χ0v) is 17.8. The van der Waals surface area contributed by atoms with Crippen LogP contribution in [-0.4, -0.2) is 48.5 Å². The van der Waals surface area contributed by atoms with Gasteiger partial charge in [-0.3, -0.25) is 9.59 Å². The van der Waals surface area contributed by atoms with Crippen molar-refractivity contribution < 1.29 is 18.5 Å². The Morgan fingerprint density at radius 3 is 2.86 bits per heavy atom. The molecule has 28 heavy (non-hydrogen) atoms. The van der Waals surface area contributed by atoms with Crippen molar-refractivity contribution in [1.82, 2.24) is 14.9 Å². The van der Waals surface area contributed by atoms with Gasteiger partial charge >= 0.3 is 0 Å². The van der Waals surface area contributed by atoms with Gasteiger partial charge in [-0.2, -0.15) is 0 Å². The van der Waals surface area contributed by atoms with Crippen molar-refractivity contribution in [3.05, 3.63) is 40.5 Å². The molecule has 0 radical (unpaired) electrons. The normalized spacial score (nSPS) is 17.7. The average Bonchev–Trinajstić information content (AvgIpc) is 3.42. The highest BCUT2D eigenvalue weighted by atomic mass is 35.5. The fraction of sp³-hybridized carbons (Fsp3) is 0.444. The number of halogens is 2. The smallest absolute Gasteiger partial charge is 0.262 e. The maximum atomic E-state index is 12.0. The minimum atomic E-state index is -0.347. The molecule has 1 aromatic rings. The first-order valence-electron chi connectivity index (χ1n) is 8.80. The zero-order chi connectivity index (χ0) is 20.5. The van der Waals surface area contributed by atoms with Crippen LogP contribution in [0.4, 0.5) is 0 Å². The van der Waals surface area contributed by atoms with Crippen molar-refractivity contribution >= 4 is 47.2 Å². The van der Waals surface area contributed by atoms with Crippen molar-refractivity contribution in [2.45, 2.75) is 25.8 Å². The first-order chi connectivity index (χ1) is 13.4. The second kappa shape index (κ2) is 11.5. The standard InChI is InChI=1S/C18H23Cl2N3O4S/c1-3-8-27-28-23-10-16(23)18(25)21-7-6-12(2)22-17(24)11-26-13-4-5-14(19)15(20)9-13/h4-5,9,16H,2-3,6-8,10-11H2,1H3,(H,21,25)(H,22,24). The van der Waals surface area contributed by atoms with E-state index in [0.717, 1.165) is 6.42 Å². The molecule has 0 spiro atoms. The lowest BCUT2D eigenvalue weighted by Crippen LogP contribution is -2.33. The number of carbonyl (C=O) groups excluding carboxylic acids is 2. The van der Waals surface area contributed by atoms with Gasteiger partial charge in [0.05, 0.1) is 28.9 Å². The molecule has 1 fully saturated rings. The number of amides is 2. The molecule has 10 heteroatoms. The molecule has 2 amide bonds. The molecule has 154 valence electrons. The fourth-order valence-corrected chi connectivity index (χ4v) is 3.14. The minimum Gasteiger partial charge on any atom is -0.484 e. The average molecular weight is 448 g/mol. The number of nitrogens with one attached hydrogen (secondary N) is 2. The highest BCUT2D eigenvalue weighted by Gasteiger charge is 2.41. The summed E-state index contributed by atoms with van der Waals surface area (Å²) < 4.78 is 12.5. The highest BCUT2D eigenvalue weighted by molar-refractivity contribution is 7.92. The number of rotatable bonds is 12. The predicted molar refractivity (Wildman–Crippen MR) is 111 cm³/mol. The largest absolute Gasteiger partial charge is 0.484 e. The van der Waals surface area contributed by atoms with Gasteiger partial charge in [0.1, 0.15) is 11.8 Å². The van der Waals surface area contributed by atoms with E-state index in [1.807, 2.05) is 11.2 Å². The maximum Gasteiger partial charge on any atom is 0.262 e. The summed E-state index contributed by atoms with van der Waals surface area (Å²) >= 11 is 12.9. The van der Waals surface area contributed by atoms with Crippen molar-refractivity contribution in [3.8, 4) is 5.75 Å². The summed E-state index contributed by atoms with van der Waals surface area (Å²) in [6.45, 7) is 7.34. The lowest BCUT2D eigenvalue weighted by atomic mass is 10.3. The molecule has 1 heterocycles. The highest BCUT2D eigenvalue weighted by Crippen LogP contribution is 2.28. The molecule has 1 aliphatic heterocycles. The van der Waals surface area contributed by atoms with Gasteiger partial charge in [0.2, 0.25) is 5.91 Å². The molecule has 2 unspecified atom stereocenters. The molecule has 2 rings (SSSR count). The Kier molecular flexibility index (Phi) is 9.40. The van der Waals surface area contributed by atoms with Crippen LogP contribution in [0.1, 0.15) is 19.8 Å². The van der Waals surface area contributed by atoms with Crippen LogP contribution in [0.5, 0.6) is 5.75 Å². The molecular weight excluding hydrogens is 425 g/mol. The third kappa shape index (κ3) is 7.89. The van der Waals surface area contributed by atoms with E-state index < -0.39 is 0 Å². The van der Waals surface area contributed by atoms with E-state index in [-0.39, 0.29) is 24.5 Å². The zero-order valence-electron chi connectivity index (χ0n) is 15.5. The number of carbonyl (C=O) groups is 2. The quantitative estimate of drug-likeness (QED) is 0.221. The van der Waals surface area contributed by atoms with Gasteiger partial charge in [-0.1, -0.05) is 36.7 Å². The van der Waals surface area contributed by atoms with Gasteiger partial charge in [-0.25, -0.2) is 4.31 Å². The van der Waals surface area contributed by atoms with E-state index in [2.05, 4.69) is 17.2 Å². The van der Waals surface area contributed by atoms with Gasteiger partial charge in [0.15, 0.2) is 6.61 Å². The molecule has 0 aromatic heterocycles. The topological polar surface area (TPSA) is 79.7 Å². The van der Waals surface area contributed by atoms with Gasteiger partial charge in [-0.15, -0.1) is 0 Å². The van der Waals surface area contributed by atoms with Crippen LogP contribution in [-0.2, 0) is 13.8 Å². The molecule has 2 N–H and O–H groups in total. The lowest BCUT2D eigenvalue weighted by Gasteiger charge is -2.11. The molecule has 1 saturated heterocycles. The minimum absolute atomic E-state index is 0.0605. The second-order valence-corrected chi connectivity index (χ2v) is 7.74. The lowest BCUT2D eigenvalue weighted by molar-refractivity contribution is -0.122. The van der Waals surface area contributed by atoms with Crippen molar-refractivity contribution in [1.29, 1.82) is 0 Å². The molecule has 7 nitrogen and oxygen atoms in total. The van der Waals surface area contributed by atoms with Crippen LogP contribution in [0.15, 0.2) is 30.5 Å². The molecule has 0 bridgehead atoms. The Labute approximate surface area is 179 Å². The number of hydrogen-bond acceptors (Lipinski definition) is 6. The molecule has 0 saturated carbocycles. The molecule has 2 atom stereocenters. The van der Waals surface area contributed by atoms with E-state index in [1.54, 1.807) is 12.1 Å². The van der Waals surface area contributed by atoms with Crippen molar-refractivity contribution in [3.63, 3.8) is 0 Å². The first-order valence-corrected chi connectivity index (χ1v) is 10.3. The summed E-state index contributed by atoms with van der Waals surface area (Å²) in [5, 5.41) is 6.22. The predicted octanol–water partition coefficient (Wildman–Crippen LogP) is 3.18. The van der Waals surface area contributed by atoms with Gasteiger partial charge in [0.25, 0.3) is 5.91 Å². The van der Waals surface area contributed by atoms with Crippen molar-refractivity contribution in [2.75, 3.05) is 26.3 Å². The van der Waals surface area contributed by atoms with E-state index in [9.17, 15) is 9.59 Å². The Morgan fingerprint density at radius 1 is 1.36 bits per heavy atom. The fourth-order valence-electron chi connectivity index (χ4n) is 2.07. The molecular formula is C18H23Cl2N3O4S. The number of nitrogens with zero attached hydrogens (tertiary/aromatic N) is 1. The van der Waals surface area contributed by atoms with Crippen LogP contribution in [0.25, 0.3) is 0 Å². The number of benzene rings is 1. The Balaban J connectivity index is 1.57. The summed E-state index contributed by atoms with van der Waals surface area (Å²) in [7, 11) is 0.